The van der Waals surface area contributed by atoms with Gasteiger partial charge in [0, 0.05) is 11.8 Å². The summed E-state index contributed by atoms with van der Waals surface area (Å²) in [5.74, 6) is 0.805. The number of aliphatic carboxylic acids is 1. The minimum atomic E-state index is -0.846. The number of anilines is 1. The Hall–Kier alpha value is -1.91. The van der Waals surface area contributed by atoms with Crippen molar-refractivity contribution in [2.75, 3.05) is 12.1 Å². The highest BCUT2D eigenvalue weighted by Crippen LogP contribution is 2.34. The number of benzene rings is 1. The fourth-order valence-corrected chi connectivity index (χ4v) is 1.88. The third kappa shape index (κ3) is 2.85. The molecule has 2 rings (SSSR count). The summed E-state index contributed by atoms with van der Waals surface area (Å²) in [6.45, 7) is 4.21. The molecular weight excluding hydrogens is 234 g/mol. The van der Waals surface area contributed by atoms with E-state index in [2.05, 4.69) is 5.32 Å². The summed E-state index contributed by atoms with van der Waals surface area (Å²) >= 11 is 0. The minimum absolute atomic E-state index is 0.215. The van der Waals surface area contributed by atoms with Crippen LogP contribution >= 0.6 is 0 Å². The molecular formula is C13H17NO4. The van der Waals surface area contributed by atoms with Crippen LogP contribution in [0.4, 0.5) is 5.69 Å². The second-order valence-corrected chi connectivity index (χ2v) is 4.73. The van der Waals surface area contributed by atoms with Crippen LogP contribution in [0.1, 0.15) is 20.3 Å². The van der Waals surface area contributed by atoms with Crippen LogP contribution in [0.2, 0.25) is 0 Å². The van der Waals surface area contributed by atoms with Gasteiger partial charge in [0.2, 0.25) is 6.79 Å². The van der Waals surface area contributed by atoms with Gasteiger partial charge in [0.15, 0.2) is 11.5 Å². The number of carboxylic acids is 1. The molecule has 1 unspecified atom stereocenters. The van der Waals surface area contributed by atoms with Gasteiger partial charge < -0.3 is 19.9 Å². The van der Waals surface area contributed by atoms with Gasteiger partial charge in [0.1, 0.15) is 6.04 Å². The first kappa shape index (κ1) is 12.5. The number of hydrogen-bond donors (Lipinski definition) is 2. The van der Waals surface area contributed by atoms with Crippen molar-refractivity contribution < 1.29 is 19.4 Å². The largest absolute Gasteiger partial charge is 0.480 e. The molecule has 18 heavy (non-hydrogen) atoms. The third-order valence-corrected chi connectivity index (χ3v) is 2.72. The zero-order valence-electron chi connectivity index (χ0n) is 10.5. The molecule has 0 saturated heterocycles. The number of rotatable bonds is 5. The number of fused-ring (bicyclic) bond motifs is 1. The van der Waals surface area contributed by atoms with E-state index in [1.807, 2.05) is 13.8 Å². The Bertz CT molecular complexity index is 445. The average molecular weight is 251 g/mol. The van der Waals surface area contributed by atoms with E-state index in [9.17, 15) is 4.79 Å². The van der Waals surface area contributed by atoms with Crippen molar-refractivity contribution in [2.45, 2.75) is 26.3 Å². The van der Waals surface area contributed by atoms with Crippen LogP contribution in [0, 0.1) is 5.92 Å². The van der Waals surface area contributed by atoms with E-state index in [1.165, 1.54) is 0 Å². The first-order chi connectivity index (χ1) is 8.56. The normalized spacial score (nSPS) is 14.6. The predicted molar refractivity (Wildman–Crippen MR) is 67.1 cm³/mol. The summed E-state index contributed by atoms with van der Waals surface area (Å²) in [6, 6.07) is 4.74. The molecule has 1 atom stereocenters. The minimum Gasteiger partial charge on any atom is -0.480 e. The number of hydrogen-bond acceptors (Lipinski definition) is 4. The van der Waals surface area contributed by atoms with E-state index in [0.29, 0.717) is 23.8 Å². The summed E-state index contributed by atoms with van der Waals surface area (Å²) in [5, 5.41) is 12.2. The lowest BCUT2D eigenvalue weighted by Crippen LogP contribution is -2.30. The highest BCUT2D eigenvalue weighted by atomic mass is 16.7. The number of carboxylic acid groups (broad SMARTS) is 1. The van der Waals surface area contributed by atoms with E-state index in [1.54, 1.807) is 18.2 Å². The van der Waals surface area contributed by atoms with Crippen molar-refractivity contribution in [2.24, 2.45) is 5.92 Å². The first-order valence-electron chi connectivity index (χ1n) is 5.95. The second-order valence-electron chi connectivity index (χ2n) is 4.73. The number of carbonyl (C=O) groups is 1. The molecule has 0 aromatic heterocycles. The molecule has 1 aliphatic heterocycles. The molecule has 0 fully saturated rings. The summed E-state index contributed by atoms with van der Waals surface area (Å²) in [4.78, 5) is 11.2. The lowest BCUT2D eigenvalue weighted by Gasteiger charge is -2.17. The molecule has 0 bridgehead atoms. The van der Waals surface area contributed by atoms with Crippen LogP contribution < -0.4 is 14.8 Å². The average Bonchev–Trinajstić information content (AvgIpc) is 2.74. The maximum atomic E-state index is 11.2. The molecule has 0 amide bonds. The van der Waals surface area contributed by atoms with Crippen LogP contribution in [-0.4, -0.2) is 23.9 Å². The van der Waals surface area contributed by atoms with E-state index in [0.717, 1.165) is 5.69 Å². The highest BCUT2D eigenvalue weighted by Gasteiger charge is 2.20. The monoisotopic (exact) mass is 251 g/mol. The van der Waals surface area contributed by atoms with Crippen molar-refractivity contribution in [3.8, 4) is 11.5 Å². The molecule has 5 heteroatoms. The maximum absolute atomic E-state index is 11.2. The van der Waals surface area contributed by atoms with Crippen LogP contribution in [-0.2, 0) is 4.79 Å². The molecule has 5 nitrogen and oxygen atoms in total. The van der Waals surface area contributed by atoms with Gasteiger partial charge in [-0.25, -0.2) is 4.79 Å². The van der Waals surface area contributed by atoms with Gasteiger partial charge in [-0.15, -0.1) is 0 Å². The summed E-state index contributed by atoms with van der Waals surface area (Å²) in [7, 11) is 0. The quantitative estimate of drug-likeness (QED) is 0.840. The third-order valence-electron chi connectivity index (χ3n) is 2.72. The van der Waals surface area contributed by atoms with Crippen LogP contribution in [0.3, 0.4) is 0 Å². The predicted octanol–water partition coefficient (Wildman–Crippen LogP) is 2.33. The van der Waals surface area contributed by atoms with E-state index >= 15 is 0 Å². The van der Waals surface area contributed by atoms with Crippen molar-refractivity contribution in [3.05, 3.63) is 18.2 Å². The number of nitrogens with one attached hydrogen (secondary N) is 1. The van der Waals surface area contributed by atoms with Gasteiger partial charge in [-0.05, 0) is 24.5 Å². The van der Waals surface area contributed by atoms with E-state index < -0.39 is 12.0 Å². The second kappa shape index (κ2) is 5.16. The Morgan fingerprint density at radius 2 is 2.11 bits per heavy atom. The maximum Gasteiger partial charge on any atom is 0.326 e. The van der Waals surface area contributed by atoms with Crippen molar-refractivity contribution in [1.29, 1.82) is 0 Å². The number of ether oxygens (including phenoxy) is 2. The smallest absolute Gasteiger partial charge is 0.326 e. The molecule has 1 aliphatic rings. The van der Waals surface area contributed by atoms with Crippen LogP contribution in [0.25, 0.3) is 0 Å². The lowest BCUT2D eigenvalue weighted by atomic mass is 10.0. The summed E-state index contributed by atoms with van der Waals surface area (Å²) in [5.41, 5.74) is 0.729. The molecule has 0 radical (unpaired) electrons. The van der Waals surface area contributed by atoms with Gasteiger partial charge >= 0.3 is 5.97 Å². The molecule has 1 aromatic rings. The summed E-state index contributed by atoms with van der Waals surface area (Å²) in [6.07, 6.45) is 0.573. The Morgan fingerprint density at radius 3 is 2.78 bits per heavy atom. The van der Waals surface area contributed by atoms with Crippen LogP contribution in [0.5, 0.6) is 11.5 Å². The molecule has 0 saturated carbocycles. The van der Waals surface area contributed by atoms with Gasteiger partial charge in [-0.1, -0.05) is 13.8 Å². The fourth-order valence-electron chi connectivity index (χ4n) is 1.88. The van der Waals surface area contributed by atoms with Crippen LogP contribution in [0.15, 0.2) is 18.2 Å². The van der Waals surface area contributed by atoms with E-state index in [-0.39, 0.29) is 6.79 Å². The SMILES string of the molecule is CC(C)CC(Nc1ccc2c(c1)OCO2)C(=O)O. The molecule has 1 heterocycles. The lowest BCUT2D eigenvalue weighted by molar-refractivity contribution is -0.138. The van der Waals surface area contributed by atoms with Gasteiger partial charge in [-0.3, -0.25) is 0 Å². The first-order valence-corrected chi connectivity index (χ1v) is 5.95. The summed E-state index contributed by atoms with van der Waals surface area (Å²) < 4.78 is 10.5. The van der Waals surface area contributed by atoms with Gasteiger partial charge in [-0.2, -0.15) is 0 Å². The zero-order chi connectivity index (χ0) is 13.1. The topological polar surface area (TPSA) is 67.8 Å². The Kier molecular flexibility index (Phi) is 3.60. The van der Waals surface area contributed by atoms with Crippen molar-refractivity contribution in [3.63, 3.8) is 0 Å². The van der Waals surface area contributed by atoms with Crippen molar-refractivity contribution in [1.82, 2.24) is 0 Å². The molecule has 1 aromatic carbocycles. The molecule has 0 aliphatic carbocycles. The van der Waals surface area contributed by atoms with Crippen molar-refractivity contribution >= 4 is 11.7 Å². The van der Waals surface area contributed by atoms with Gasteiger partial charge in [0.25, 0.3) is 0 Å². The zero-order valence-corrected chi connectivity index (χ0v) is 10.5. The Morgan fingerprint density at radius 1 is 1.39 bits per heavy atom. The Balaban J connectivity index is 2.09. The molecule has 98 valence electrons. The van der Waals surface area contributed by atoms with E-state index in [4.69, 9.17) is 14.6 Å². The highest BCUT2D eigenvalue weighted by molar-refractivity contribution is 5.77. The standard InChI is InChI=1S/C13H17NO4/c1-8(2)5-10(13(15)16)14-9-3-4-11-12(6-9)18-7-17-11/h3-4,6,8,10,14H,5,7H2,1-2H3,(H,15,16). The molecule has 2 N–H and O–H groups in total. The molecule has 0 spiro atoms. The fraction of sp³-hybridized carbons (Fsp3) is 0.462. The Labute approximate surface area is 106 Å². The van der Waals surface area contributed by atoms with Gasteiger partial charge in [0.05, 0.1) is 0 Å².